The zero-order valence-corrected chi connectivity index (χ0v) is 16.3. The molecule has 6 nitrogen and oxygen atoms in total. The van der Waals surface area contributed by atoms with Gasteiger partial charge in [0.2, 0.25) is 10.0 Å². The standard InChI is InChI=1S/C18H29N3O3S/c1-6-10-19-25(23,24)17-9-7-8-15(12-17)18(22)20-16(11-14(2)3)13-21(4)5/h6-9,12,14,16,19H,1,10-11,13H2,2-5H3,(H,20,22). The molecule has 1 aromatic rings. The zero-order valence-electron chi connectivity index (χ0n) is 15.5. The minimum Gasteiger partial charge on any atom is -0.348 e. The van der Waals surface area contributed by atoms with E-state index in [4.69, 9.17) is 0 Å². The number of hydrogen-bond acceptors (Lipinski definition) is 4. The maximum atomic E-state index is 12.6. The van der Waals surface area contributed by atoms with Crippen molar-refractivity contribution in [1.29, 1.82) is 0 Å². The third-order valence-electron chi connectivity index (χ3n) is 3.50. The Morgan fingerprint density at radius 1 is 1.32 bits per heavy atom. The lowest BCUT2D eigenvalue weighted by Crippen LogP contribution is -2.42. The molecule has 0 saturated heterocycles. The molecule has 0 heterocycles. The van der Waals surface area contributed by atoms with E-state index in [2.05, 4.69) is 30.5 Å². The largest absolute Gasteiger partial charge is 0.348 e. The Labute approximate surface area is 151 Å². The number of carbonyl (C=O) groups is 1. The van der Waals surface area contributed by atoms with E-state index in [9.17, 15) is 13.2 Å². The maximum absolute atomic E-state index is 12.6. The summed E-state index contributed by atoms with van der Waals surface area (Å²) >= 11 is 0. The van der Waals surface area contributed by atoms with E-state index in [1.54, 1.807) is 12.1 Å². The van der Waals surface area contributed by atoms with Crippen molar-refractivity contribution in [2.45, 2.75) is 31.2 Å². The summed E-state index contributed by atoms with van der Waals surface area (Å²) in [5.41, 5.74) is 0.328. The second-order valence-electron chi connectivity index (χ2n) is 6.73. The number of carbonyl (C=O) groups excluding carboxylic acids is 1. The first kappa shape index (κ1) is 21.3. The second kappa shape index (κ2) is 9.70. The molecule has 0 fully saturated rings. The van der Waals surface area contributed by atoms with Crippen LogP contribution < -0.4 is 10.0 Å². The Bertz CT molecular complexity index is 675. The minimum atomic E-state index is -3.65. The van der Waals surface area contributed by atoms with Crippen LogP contribution >= 0.6 is 0 Å². The summed E-state index contributed by atoms with van der Waals surface area (Å²) in [5.74, 6) is 0.174. The van der Waals surface area contributed by atoms with Gasteiger partial charge in [-0.25, -0.2) is 13.1 Å². The predicted octanol–water partition coefficient (Wildman–Crippen LogP) is 1.86. The van der Waals surface area contributed by atoms with Gasteiger partial charge < -0.3 is 10.2 Å². The molecule has 0 bridgehead atoms. The molecule has 1 rings (SSSR count). The van der Waals surface area contributed by atoms with E-state index in [1.807, 2.05) is 19.0 Å². The Kier molecular flexibility index (Phi) is 8.28. The molecule has 0 aliphatic carbocycles. The summed E-state index contributed by atoms with van der Waals surface area (Å²) in [5, 5.41) is 3.01. The number of nitrogens with one attached hydrogen (secondary N) is 2. The highest BCUT2D eigenvalue weighted by Crippen LogP contribution is 2.13. The van der Waals surface area contributed by atoms with Crippen LogP contribution in [0.2, 0.25) is 0 Å². The summed E-state index contributed by atoms with van der Waals surface area (Å²) in [4.78, 5) is 14.6. The van der Waals surface area contributed by atoms with Crippen molar-refractivity contribution < 1.29 is 13.2 Å². The number of sulfonamides is 1. The molecule has 0 aliphatic heterocycles. The molecule has 0 aliphatic rings. The molecule has 0 aromatic heterocycles. The molecule has 2 N–H and O–H groups in total. The summed E-state index contributed by atoms with van der Waals surface area (Å²) in [7, 11) is 0.258. The zero-order chi connectivity index (χ0) is 19.0. The second-order valence-corrected chi connectivity index (χ2v) is 8.50. The van der Waals surface area contributed by atoms with Crippen LogP contribution in [0.5, 0.6) is 0 Å². The first-order chi connectivity index (χ1) is 11.7. The topological polar surface area (TPSA) is 78.5 Å². The highest BCUT2D eigenvalue weighted by atomic mass is 32.2. The summed E-state index contributed by atoms with van der Waals surface area (Å²) in [6.45, 7) is 8.56. The predicted molar refractivity (Wildman–Crippen MR) is 101 cm³/mol. The van der Waals surface area contributed by atoms with E-state index < -0.39 is 10.0 Å². The SMILES string of the molecule is C=CCNS(=O)(=O)c1cccc(C(=O)NC(CC(C)C)CN(C)C)c1. The monoisotopic (exact) mass is 367 g/mol. The van der Waals surface area contributed by atoms with Gasteiger partial charge in [0.15, 0.2) is 0 Å². The summed E-state index contributed by atoms with van der Waals surface area (Å²) in [6, 6.07) is 6.04. The highest BCUT2D eigenvalue weighted by molar-refractivity contribution is 7.89. The third kappa shape index (κ3) is 7.37. The van der Waals surface area contributed by atoms with Gasteiger partial charge in [-0.15, -0.1) is 6.58 Å². The van der Waals surface area contributed by atoms with Crippen LogP contribution in [0.1, 0.15) is 30.6 Å². The third-order valence-corrected chi connectivity index (χ3v) is 4.92. The molecule has 0 spiro atoms. The average Bonchev–Trinajstić information content (AvgIpc) is 2.51. The van der Waals surface area contributed by atoms with Crippen molar-refractivity contribution in [2.24, 2.45) is 5.92 Å². The van der Waals surface area contributed by atoms with Gasteiger partial charge in [0.1, 0.15) is 0 Å². The van der Waals surface area contributed by atoms with Crippen LogP contribution in [0.25, 0.3) is 0 Å². The molecule has 1 amide bonds. The van der Waals surface area contributed by atoms with Gasteiger partial charge >= 0.3 is 0 Å². The molecule has 1 atom stereocenters. The van der Waals surface area contributed by atoms with Gasteiger partial charge in [-0.1, -0.05) is 26.0 Å². The van der Waals surface area contributed by atoms with Gasteiger partial charge in [0.05, 0.1) is 4.90 Å². The quantitative estimate of drug-likeness (QED) is 0.619. The Morgan fingerprint density at radius 2 is 2.00 bits per heavy atom. The van der Waals surface area contributed by atoms with Crippen LogP contribution in [0.3, 0.4) is 0 Å². The normalized spacial score (nSPS) is 13.0. The van der Waals surface area contributed by atoms with Gasteiger partial charge in [0.25, 0.3) is 5.91 Å². The molecule has 1 aromatic carbocycles. The van der Waals surface area contributed by atoms with Crippen LogP contribution in [-0.2, 0) is 10.0 Å². The fourth-order valence-corrected chi connectivity index (χ4v) is 3.56. The molecule has 7 heteroatoms. The van der Waals surface area contributed by atoms with Crippen LogP contribution in [0.15, 0.2) is 41.8 Å². The van der Waals surface area contributed by atoms with Crippen molar-refractivity contribution in [2.75, 3.05) is 27.2 Å². The molecule has 0 radical (unpaired) electrons. The molecule has 140 valence electrons. The van der Waals surface area contributed by atoms with E-state index in [0.717, 1.165) is 13.0 Å². The maximum Gasteiger partial charge on any atom is 0.251 e. The van der Waals surface area contributed by atoms with Gasteiger partial charge in [-0.05, 0) is 44.6 Å². The summed E-state index contributed by atoms with van der Waals surface area (Å²) in [6.07, 6.45) is 2.31. The first-order valence-corrected chi connectivity index (χ1v) is 9.80. The number of amides is 1. The molecule has 0 saturated carbocycles. The Hall–Kier alpha value is -1.70. The van der Waals surface area contributed by atoms with E-state index in [1.165, 1.54) is 18.2 Å². The lowest BCUT2D eigenvalue weighted by molar-refractivity contribution is 0.0924. The van der Waals surface area contributed by atoms with Crippen LogP contribution in [0.4, 0.5) is 0 Å². The van der Waals surface area contributed by atoms with E-state index in [-0.39, 0.29) is 23.4 Å². The molecule has 25 heavy (non-hydrogen) atoms. The summed E-state index contributed by atoms with van der Waals surface area (Å²) < 4.78 is 26.8. The number of benzene rings is 1. The van der Waals surface area contributed by atoms with Crippen molar-refractivity contribution in [1.82, 2.24) is 14.9 Å². The van der Waals surface area contributed by atoms with Crippen molar-refractivity contribution in [3.8, 4) is 0 Å². The van der Waals surface area contributed by atoms with Gasteiger partial charge in [0, 0.05) is 24.7 Å². The highest BCUT2D eigenvalue weighted by Gasteiger charge is 2.19. The minimum absolute atomic E-state index is 0.00153. The van der Waals surface area contributed by atoms with Crippen LogP contribution in [0, 0.1) is 5.92 Å². The lowest BCUT2D eigenvalue weighted by Gasteiger charge is -2.24. The lowest BCUT2D eigenvalue weighted by atomic mass is 10.0. The van der Waals surface area contributed by atoms with Crippen molar-refractivity contribution in [3.05, 3.63) is 42.5 Å². The number of rotatable bonds is 10. The van der Waals surface area contributed by atoms with Gasteiger partial charge in [-0.3, -0.25) is 4.79 Å². The van der Waals surface area contributed by atoms with Crippen LogP contribution in [-0.4, -0.2) is 52.5 Å². The number of nitrogens with zero attached hydrogens (tertiary/aromatic N) is 1. The average molecular weight is 368 g/mol. The fourth-order valence-electron chi connectivity index (χ4n) is 2.51. The molecular weight excluding hydrogens is 338 g/mol. The fraction of sp³-hybridized carbons (Fsp3) is 0.500. The Morgan fingerprint density at radius 3 is 2.56 bits per heavy atom. The first-order valence-electron chi connectivity index (χ1n) is 8.32. The van der Waals surface area contributed by atoms with Crippen molar-refractivity contribution >= 4 is 15.9 Å². The van der Waals surface area contributed by atoms with Crippen molar-refractivity contribution in [3.63, 3.8) is 0 Å². The number of likely N-dealkylation sites (N-methyl/N-ethyl adjacent to an activating group) is 1. The number of hydrogen-bond donors (Lipinski definition) is 2. The molecular formula is C18H29N3O3S. The van der Waals surface area contributed by atoms with E-state index >= 15 is 0 Å². The van der Waals surface area contributed by atoms with Gasteiger partial charge in [-0.2, -0.15) is 0 Å². The smallest absolute Gasteiger partial charge is 0.251 e. The van der Waals surface area contributed by atoms with E-state index in [0.29, 0.717) is 11.5 Å². The Balaban J connectivity index is 2.94. The molecule has 1 unspecified atom stereocenters.